The van der Waals surface area contributed by atoms with Gasteiger partial charge in [-0.3, -0.25) is 10.3 Å². The lowest BCUT2D eigenvalue weighted by Crippen LogP contribution is -2.50. The molecule has 1 rings (SSSR count). The first-order chi connectivity index (χ1) is 6.39. The van der Waals surface area contributed by atoms with Crippen LogP contribution in [0.3, 0.4) is 0 Å². The van der Waals surface area contributed by atoms with Gasteiger partial charge in [-0.2, -0.15) is 0 Å². The molecule has 1 heterocycles. The largest absolute Gasteiger partial charge is 0.371 e. The Morgan fingerprint density at radius 1 is 1.29 bits per heavy atom. The molecule has 0 radical (unpaired) electrons. The van der Waals surface area contributed by atoms with Gasteiger partial charge in [0.25, 0.3) is 0 Å². The van der Waals surface area contributed by atoms with Crippen LogP contribution in [0.15, 0.2) is 0 Å². The maximum atomic E-state index is 7.38. The molecule has 0 atom stereocenters. The molecular formula is C11H23N3. The lowest BCUT2D eigenvalue weighted by atomic mass is 9.98. The van der Waals surface area contributed by atoms with Crippen LogP contribution in [0.1, 0.15) is 40.5 Å². The second kappa shape index (κ2) is 4.30. The van der Waals surface area contributed by atoms with Gasteiger partial charge >= 0.3 is 0 Å². The van der Waals surface area contributed by atoms with Crippen LogP contribution in [0.25, 0.3) is 0 Å². The second-order valence-corrected chi connectivity index (χ2v) is 5.20. The molecule has 0 saturated carbocycles. The molecule has 14 heavy (non-hydrogen) atoms. The fraction of sp³-hybridized carbons (Fsp3) is 0.909. The van der Waals surface area contributed by atoms with Crippen molar-refractivity contribution in [3.8, 4) is 0 Å². The highest BCUT2D eigenvalue weighted by Gasteiger charge is 2.26. The van der Waals surface area contributed by atoms with Crippen LogP contribution in [0, 0.1) is 5.41 Å². The Morgan fingerprint density at radius 2 is 1.79 bits per heavy atom. The molecular weight excluding hydrogens is 174 g/mol. The van der Waals surface area contributed by atoms with Crippen molar-refractivity contribution in [2.24, 2.45) is 0 Å². The lowest BCUT2D eigenvalue weighted by Gasteiger charge is -2.41. The molecule has 82 valence electrons. The molecule has 0 spiro atoms. The van der Waals surface area contributed by atoms with Gasteiger partial charge in [0.1, 0.15) is 0 Å². The first kappa shape index (κ1) is 11.5. The van der Waals surface area contributed by atoms with Crippen molar-refractivity contribution >= 4 is 5.84 Å². The van der Waals surface area contributed by atoms with Crippen LogP contribution < -0.4 is 5.32 Å². The third kappa shape index (κ3) is 3.29. The van der Waals surface area contributed by atoms with Crippen molar-refractivity contribution in [1.29, 1.82) is 5.41 Å². The molecule has 0 unspecified atom stereocenters. The van der Waals surface area contributed by atoms with E-state index < -0.39 is 0 Å². The fourth-order valence-corrected chi connectivity index (χ4v) is 2.00. The number of hydrogen-bond acceptors (Lipinski definition) is 2. The number of nitrogens with zero attached hydrogens (tertiary/aromatic N) is 1. The summed E-state index contributed by atoms with van der Waals surface area (Å²) in [6.07, 6.45) is 2.32. The molecule has 1 aliphatic rings. The van der Waals surface area contributed by atoms with E-state index in [-0.39, 0.29) is 0 Å². The Balaban J connectivity index is 2.35. The summed E-state index contributed by atoms with van der Waals surface area (Å²) >= 11 is 0. The zero-order valence-corrected chi connectivity index (χ0v) is 9.85. The molecule has 0 aliphatic carbocycles. The van der Waals surface area contributed by atoms with E-state index in [1.165, 1.54) is 0 Å². The van der Waals surface area contributed by atoms with Crippen molar-refractivity contribution < 1.29 is 0 Å². The summed E-state index contributed by atoms with van der Waals surface area (Å²) in [6, 6.07) is 0.520. The highest BCUT2D eigenvalue weighted by atomic mass is 15.2. The first-order valence-electron chi connectivity index (χ1n) is 5.46. The maximum Gasteiger partial charge on any atom is 0.0901 e. The Hall–Kier alpha value is -0.570. The number of nitrogens with one attached hydrogen (secondary N) is 2. The van der Waals surface area contributed by atoms with Crippen LogP contribution in [0.4, 0.5) is 0 Å². The van der Waals surface area contributed by atoms with Gasteiger partial charge in [-0.15, -0.1) is 0 Å². The number of likely N-dealkylation sites (tertiary alicyclic amines) is 1. The Bertz CT molecular complexity index is 197. The normalized spacial score (nSPS) is 20.9. The minimum absolute atomic E-state index is 0.296. The zero-order valence-electron chi connectivity index (χ0n) is 9.85. The van der Waals surface area contributed by atoms with E-state index in [1.807, 2.05) is 6.92 Å². The van der Waals surface area contributed by atoms with Crippen LogP contribution in [-0.2, 0) is 0 Å². The summed E-state index contributed by atoms with van der Waals surface area (Å²) in [7, 11) is 0. The summed E-state index contributed by atoms with van der Waals surface area (Å²) in [5.74, 6) is 0.596. The van der Waals surface area contributed by atoms with Crippen molar-refractivity contribution in [2.75, 3.05) is 13.1 Å². The standard InChI is InChI=1S/C11H23N3/c1-9(12)13-10-5-7-14(8-6-10)11(2,3)4/h10H,5-8H2,1-4H3,(H2,12,13). The molecule has 3 heteroatoms. The molecule has 1 fully saturated rings. The average molecular weight is 197 g/mol. The third-order valence-corrected chi connectivity index (χ3v) is 2.86. The lowest BCUT2D eigenvalue weighted by molar-refractivity contribution is 0.0998. The molecule has 0 amide bonds. The Morgan fingerprint density at radius 3 is 2.14 bits per heavy atom. The van der Waals surface area contributed by atoms with E-state index >= 15 is 0 Å². The van der Waals surface area contributed by atoms with Gasteiger partial charge in [0, 0.05) is 24.7 Å². The minimum atomic E-state index is 0.296. The van der Waals surface area contributed by atoms with E-state index in [0.29, 0.717) is 17.4 Å². The molecule has 0 bridgehead atoms. The number of amidine groups is 1. The average Bonchev–Trinajstić information content (AvgIpc) is 2.02. The minimum Gasteiger partial charge on any atom is -0.371 e. The van der Waals surface area contributed by atoms with Gasteiger partial charge in [0.15, 0.2) is 0 Å². The Kier molecular flexibility index (Phi) is 3.53. The summed E-state index contributed by atoms with van der Waals surface area (Å²) in [5, 5.41) is 10.6. The predicted molar refractivity (Wildman–Crippen MR) is 60.9 cm³/mol. The van der Waals surface area contributed by atoms with Crippen molar-refractivity contribution in [1.82, 2.24) is 10.2 Å². The molecule has 1 aliphatic heterocycles. The van der Waals surface area contributed by atoms with Gasteiger partial charge in [-0.1, -0.05) is 0 Å². The number of piperidine rings is 1. The van der Waals surface area contributed by atoms with E-state index in [4.69, 9.17) is 5.41 Å². The topological polar surface area (TPSA) is 39.1 Å². The number of hydrogen-bond donors (Lipinski definition) is 2. The van der Waals surface area contributed by atoms with E-state index in [0.717, 1.165) is 25.9 Å². The quantitative estimate of drug-likeness (QED) is 0.497. The van der Waals surface area contributed by atoms with Crippen molar-refractivity contribution in [3.63, 3.8) is 0 Å². The molecule has 0 aromatic heterocycles. The molecule has 1 saturated heterocycles. The van der Waals surface area contributed by atoms with Crippen LogP contribution in [-0.4, -0.2) is 35.4 Å². The number of rotatable bonds is 1. The summed E-state index contributed by atoms with van der Waals surface area (Å²) in [4.78, 5) is 2.52. The Labute approximate surface area is 87.4 Å². The van der Waals surface area contributed by atoms with Gasteiger partial charge in [0.2, 0.25) is 0 Å². The zero-order chi connectivity index (χ0) is 10.8. The second-order valence-electron chi connectivity index (χ2n) is 5.20. The first-order valence-corrected chi connectivity index (χ1v) is 5.46. The predicted octanol–water partition coefficient (Wildman–Crippen LogP) is 1.84. The van der Waals surface area contributed by atoms with E-state index in [1.54, 1.807) is 0 Å². The van der Waals surface area contributed by atoms with Gasteiger partial charge < -0.3 is 5.32 Å². The smallest absolute Gasteiger partial charge is 0.0901 e. The molecule has 3 nitrogen and oxygen atoms in total. The van der Waals surface area contributed by atoms with Gasteiger partial charge in [0.05, 0.1) is 5.84 Å². The van der Waals surface area contributed by atoms with Crippen LogP contribution in [0.5, 0.6) is 0 Å². The summed E-state index contributed by atoms with van der Waals surface area (Å²) in [6.45, 7) is 10.9. The summed E-state index contributed by atoms with van der Waals surface area (Å²) < 4.78 is 0. The van der Waals surface area contributed by atoms with Crippen LogP contribution in [0.2, 0.25) is 0 Å². The third-order valence-electron chi connectivity index (χ3n) is 2.86. The van der Waals surface area contributed by atoms with Crippen molar-refractivity contribution in [3.05, 3.63) is 0 Å². The fourth-order valence-electron chi connectivity index (χ4n) is 2.00. The molecule has 0 aromatic rings. The van der Waals surface area contributed by atoms with Gasteiger partial charge in [-0.05, 0) is 40.5 Å². The van der Waals surface area contributed by atoms with E-state index in [9.17, 15) is 0 Å². The molecule has 2 N–H and O–H groups in total. The highest BCUT2D eigenvalue weighted by Crippen LogP contribution is 2.19. The van der Waals surface area contributed by atoms with Crippen LogP contribution >= 0.6 is 0 Å². The summed E-state index contributed by atoms with van der Waals surface area (Å²) in [5.41, 5.74) is 0.296. The SMILES string of the molecule is CC(=N)NC1CCN(C(C)(C)C)CC1. The van der Waals surface area contributed by atoms with E-state index in [2.05, 4.69) is 31.0 Å². The highest BCUT2D eigenvalue weighted by molar-refractivity contribution is 5.76. The van der Waals surface area contributed by atoms with Gasteiger partial charge in [-0.25, -0.2) is 0 Å². The molecule has 0 aromatic carbocycles. The van der Waals surface area contributed by atoms with Crippen molar-refractivity contribution in [2.45, 2.75) is 52.1 Å². The maximum absolute atomic E-state index is 7.38. The monoisotopic (exact) mass is 197 g/mol.